The Kier molecular flexibility index (Phi) is 7.17. The number of hydrogen-bond donors (Lipinski definition) is 0. The number of para-hydroxylation sites is 1. The summed E-state index contributed by atoms with van der Waals surface area (Å²) < 4.78 is 2.52. The molecule has 1 saturated heterocycles. The van der Waals surface area contributed by atoms with Gasteiger partial charge in [0.05, 0.1) is 16.7 Å². The zero-order valence-corrected chi connectivity index (χ0v) is 35.3. The third-order valence-corrected chi connectivity index (χ3v) is 18.2. The van der Waals surface area contributed by atoms with E-state index in [1.807, 2.05) is 0 Å². The number of aromatic nitrogens is 1. The maximum Gasteiger partial charge on any atom is 0.146 e. The molecular weight excluding hydrogens is 769 g/mol. The topological polar surface area (TPSA) is 17.3 Å². The van der Waals surface area contributed by atoms with E-state index in [0.29, 0.717) is 0 Å². The van der Waals surface area contributed by atoms with Crippen molar-refractivity contribution in [1.82, 2.24) is 4.57 Å². The number of hydrogen-bond acceptors (Lipinski definition) is 1. The molecule has 62 heavy (non-hydrogen) atoms. The molecule has 4 aliphatic rings. The Morgan fingerprint density at radius 1 is 0.565 bits per heavy atom. The fraction of sp³-hybridized carbons (Fsp3) is 0.102. The second-order valence-electron chi connectivity index (χ2n) is 17.6. The van der Waals surface area contributed by atoms with E-state index in [9.17, 15) is 0 Å². The summed E-state index contributed by atoms with van der Waals surface area (Å²) in [6, 6.07) is 69.1. The third-order valence-electron chi connectivity index (χ3n) is 14.6. The molecule has 1 aromatic heterocycles. The third kappa shape index (κ3) is 4.69. The molecule has 1 aliphatic carbocycles. The van der Waals surface area contributed by atoms with Crippen molar-refractivity contribution in [3.63, 3.8) is 0 Å². The fourth-order valence-corrected chi connectivity index (χ4v) is 15.3. The summed E-state index contributed by atoms with van der Waals surface area (Å²) in [4.78, 5) is 8.98. The number of benzene rings is 9. The van der Waals surface area contributed by atoms with E-state index in [2.05, 4.69) is 193 Å². The first-order valence-electron chi connectivity index (χ1n) is 22.2. The Morgan fingerprint density at radius 2 is 1.27 bits per heavy atom. The predicted molar refractivity (Wildman–Crippen MR) is 263 cm³/mol. The van der Waals surface area contributed by atoms with Crippen LogP contribution in [-0.4, -0.2) is 21.9 Å². The second-order valence-corrected chi connectivity index (χ2v) is 21.1. The van der Waals surface area contributed by atoms with Crippen LogP contribution in [0.15, 0.2) is 202 Å². The largest absolute Gasteiger partial charge is 0.293 e. The summed E-state index contributed by atoms with van der Waals surface area (Å²) in [6.07, 6.45) is 1.81. The van der Waals surface area contributed by atoms with Crippen LogP contribution in [0.3, 0.4) is 0 Å². The van der Waals surface area contributed by atoms with E-state index in [1.165, 1.54) is 116 Å². The molecule has 3 heteroatoms. The molecular formula is C59H42N2S. The van der Waals surface area contributed by atoms with Crippen LogP contribution in [0.5, 0.6) is 0 Å². The van der Waals surface area contributed by atoms with Crippen molar-refractivity contribution in [1.29, 1.82) is 0 Å². The summed E-state index contributed by atoms with van der Waals surface area (Å²) in [5.41, 5.74) is 18.3. The zero-order chi connectivity index (χ0) is 40.7. The van der Waals surface area contributed by atoms with Crippen molar-refractivity contribution in [3.8, 4) is 22.3 Å². The first kappa shape index (κ1) is 34.7. The highest BCUT2D eigenvalue weighted by Gasteiger charge is 2.47. The van der Waals surface area contributed by atoms with E-state index in [1.54, 1.807) is 9.79 Å². The lowest BCUT2D eigenvalue weighted by Crippen LogP contribution is -2.15. The number of nitrogens with zero attached hydrogens (tertiary/aromatic N) is 2. The molecule has 1 atom stereocenters. The van der Waals surface area contributed by atoms with Crippen molar-refractivity contribution < 1.29 is 0 Å². The first-order valence-corrected chi connectivity index (χ1v) is 24.1. The molecule has 1 spiro atoms. The first-order chi connectivity index (χ1) is 30.7. The van der Waals surface area contributed by atoms with Crippen LogP contribution < -0.4 is 0 Å². The van der Waals surface area contributed by atoms with Crippen molar-refractivity contribution in [3.05, 3.63) is 215 Å². The van der Waals surface area contributed by atoms with Crippen LogP contribution in [-0.2, 0) is 6.42 Å². The molecule has 1 fully saturated rings. The molecule has 0 N–H and O–H groups in total. The average molecular weight is 811 g/mol. The SMILES string of the molecule is CCC1=C(c2ccc3c(c2)-c2ccccc2S32CC2)C(n2c3ccc(C4c5ccccc5-c5c4ccc4ccccc54)cc3c3c4ccccc4ccc32)=Nc2ccccc2C1. The Hall–Kier alpha value is -6.94. The molecule has 1 unspecified atom stereocenters. The number of rotatable bonds is 3. The Balaban J connectivity index is 1.05. The highest BCUT2D eigenvalue weighted by atomic mass is 32.3. The van der Waals surface area contributed by atoms with E-state index in [4.69, 9.17) is 4.99 Å². The number of allylic oxidation sites excluding steroid dienone is 2. The molecule has 0 amide bonds. The monoisotopic (exact) mass is 810 g/mol. The van der Waals surface area contributed by atoms with Gasteiger partial charge in [0.15, 0.2) is 0 Å². The fourth-order valence-electron chi connectivity index (χ4n) is 11.7. The van der Waals surface area contributed by atoms with E-state index >= 15 is 0 Å². The lowest BCUT2D eigenvalue weighted by molar-refractivity contribution is 1.01. The minimum absolute atomic E-state index is 0.124. The second kappa shape index (κ2) is 12.8. The maximum absolute atomic E-state index is 5.81. The summed E-state index contributed by atoms with van der Waals surface area (Å²) >= 11 is 0. The predicted octanol–water partition coefficient (Wildman–Crippen LogP) is 15.5. The van der Waals surface area contributed by atoms with Gasteiger partial charge in [0.25, 0.3) is 0 Å². The zero-order valence-electron chi connectivity index (χ0n) is 34.5. The van der Waals surface area contributed by atoms with Gasteiger partial charge in [-0.1, -0.05) is 152 Å². The van der Waals surface area contributed by atoms with Crippen molar-refractivity contribution >= 4 is 70.5 Å². The average Bonchev–Trinajstić information content (AvgIpc) is 3.93. The van der Waals surface area contributed by atoms with Gasteiger partial charge in [-0.05, 0) is 138 Å². The van der Waals surface area contributed by atoms with Gasteiger partial charge in [-0.15, -0.1) is 0 Å². The molecule has 0 saturated carbocycles. The minimum Gasteiger partial charge on any atom is -0.293 e. The normalized spacial score (nSPS) is 17.2. The summed E-state index contributed by atoms with van der Waals surface area (Å²) in [5.74, 6) is 3.76. The summed E-state index contributed by atoms with van der Waals surface area (Å²) in [5, 5.41) is 7.68. The summed E-state index contributed by atoms with van der Waals surface area (Å²) in [7, 11) is -0.879. The van der Waals surface area contributed by atoms with Crippen LogP contribution in [0.1, 0.15) is 47.1 Å². The van der Waals surface area contributed by atoms with Gasteiger partial charge in [0, 0.05) is 32.1 Å². The number of aliphatic imine (C=N–C) groups is 1. The van der Waals surface area contributed by atoms with E-state index in [0.717, 1.165) is 24.4 Å². The smallest absolute Gasteiger partial charge is 0.146 e. The molecule has 0 bridgehead atoms. The molecule has 2 nitrogen and oxygen atoms in total. The molecule has 14 rings (SSSR count). The molecule has 0 radical (unpaired) electrons. The van der Waals surface area contributed by atoms with Gasteiger partial charge in [-0.2, -0.15) is 10.0 Å². The van der Waals surface area contributed by atoms with Gasteiger partial charge in [-0.3, -0.25) is 4.57 Å². The Bertz CT molecular complexity index is 3670. The van der Waals surface area contributed by atoms with Gasteiger partial charge in [0.1, 0.15) is 5.84 Å². The number of fused-ring (bicyclic) bond motifs is 16. The molecule has 9 aromatic carbocycles. The van der Waals surface area contributed by atoms with Crippen LogP contribution in [0.4, 0.5) is 5.69 Å². The lowest BCUT2D eigenvalue weighted by Gasteiger charge is -2.20. The molecule has 3 aliphatic heterocycles. The van der Waals surface area contributed by atoms with Crippen molar-refractivity contribution in [2.24, 2.45) is 4.99 Å². The molecule has 294 valence electrons. The Morgan fingerprint density at radius 3 is 2.15 bits per heavy atom. The van der Waals surface area contributed by atoms with Crippen molar-refractivity contribution in [2.45, 2.75) is 35.5 Å². The highest BCUT2D eigenvalue weighted by Crippen LogP contribution is 2.80. The molecule has 4 heterocycles. The Labute approximate surface area is 362 Å². The van der Waals surface area contributed by atoms with E-state index in [-0.39, 0.29) is 5.92 Å². The van der Waals surface area contributed by atoms with Gasteiger partial charge in [-0.25, -0.2) is 4.99 Å². The highest BCUT2D eigenvalue weighted by molar-refractivity contribution is 8.39. The van der Waals surface area contributed by atoms with E-state index < -0.39 is 10.0 Å². The van der Waals surface area contributed by atoms with Gasteiger partial charge in [0.2, 0.25) is 0 Å². The van der Waals surface area contributed by atoms with Crippen LogP contribution in [0.25, 0.3) is 71.2 Å². The minimum atomic E-state index is -0.879. The quantitative estimate of drug-likeness (QED) is 0.158. The van der Waals surface area contributed by atoms with Gasteiger partial charge >= 0.3 is 0 Å². The maximum atomic E-state index is 5.81. The van der Waals surface area contributed by atoms with Crippen LogP contribution in [0.2, 0.25) is 0 Å². The lowest BCUT2D eigenvalue weighted by atomic mass is 9.88. The van der Waals surface area contributed by atoms with Crippen molar-refractivity contribution in [2.75, 3.05) is 11.5 Å². The van der Waals surface area contributed by atoms with Gasteiger partial charge < -0.3 is 0 Å². The molecule has 10 aromatic rings. The summed E-state index contributed by atoms with van der Waals surface area (Å²) in [6.45, 7) is 2.33. The van der Waals surface area contributed by atoms with Crippen LogP contribution in [0, 0.1) is 0 Å². The standard InChI is InChI=1S/C59H42N2S/c1-2-36-33-39-15-5-11-21-50(39)60-59(55(36)40-26-30-54-48(34-40)44-18-10-12-22-53(44)62(54)31-32-62)61-51-28-25-41(35-49(51)58-43-17-7-4-14-38(43)24-29-52(58)61)56-45-19-8-9-20-46(45)57-42-16-6-3-13-37(42)23-27-47(56)57/h3-30,34-35,56H,2,31-33H2,1H3. The van der Waals surface area contributed by atoms with Crippen LogP contribution >= 0.6 is 10.0 Å².